The van der Waals surface area contributed by atoms with Crippen molar-refractivity contribution in [2.75, 3.05) is 6.54 Å². The summed E-state index contributed by atoms with van der Waals surface area (Å²) in [6.07, 6.45) is 1.93. The van der Waals surface area contributed by atoms with Gasteiger partial charge >= 0.3 is 0 Å². The second-order valence-corrected chi connectivity index (χ2v) is 7.24. The fraction of sp³-hybridized carbons (Fsp3) is 0.167. The van der Waals surface area contributed by atoms with Crippen LogP contribution < -0.4 is 0 Å². The number of nitrogens with one attached hydrogen (secondary N) is 1. The van der Waals surface area contributed by atoms with E-state index >= 15 is 0 Å². The molecule has 0 saturated carbocycles. The number of para-hydroxylation sites is 2. The van der Waals surface area contributed by atoms with Gasteiger partial charge in [0, 0.05) is 12.1 Å². The van der Waals surface area contributed by atoms with E-state index in [0.29, 0.717) is 0 Å². The number of imidazole rings is 1. The number of benzene rings is 3. The van der Waals surface area contributed by atoms with E-state index in [9.17, 15) is 4.79 Å². The Hall–Kier alpha value is -3.40. The Labute approximate surface area is 163 Å². The molecule has 0 radical (unpaired) electrons. The zero-order valence-electron chi connectivity index (χ0n) is 15.5. The van der Waals surface area contributed by atoms with E-state index < -0.39 is 0 Å². The van der Waals surface area contributed by atoms with Crippen LogP contribution in [-0.4, -0.2) is 27.3 Å². The molecular weight excluding hydrogens is 346 g/mol. The number of nitrogens with zero attached hydrogens (tertiary/aromatic N) is 2. The van der Waals surface area contributed by atoms with Crippen molar-refractivity contribution in [3.8, 4) is 11.1 Å². The molecule has 1 aliphatic rings. The second kappa shape index (κ2) is 6.97. The predicted molar refractivity (Wildman–Crippen MR) is 111 cm³/mol. The highest BCUT2D eigenvalue weighted by molar-refractivity contribution is 5.96. The number of carbonyl (C=O) groups is 1. The number of hydrogen-bond donors (Lipinski definition) is 1. The Morgan fingerprint density at radius 3 is 2.57 bits per heavy atom. The molecule has 4 heteroatoms. The van der Waals surface area contributed by atoms with Gasteiger partial charge in [0.15, 0.2) is 0 Å². The lowest BCUT2D eigenvalue weighted by Gasteiger charge is -2.23. The van der Waals surface area contributed by atoms with Crippen LogP contribution in [0.5, 0.6) is 0 Å². The first-order valence-electron chi connectivity index (χ1n) is 9.71. The van der Waals surface area contributed by atoms with Gasteiger partial charge in [-0.25, -0.2) is 4.98 Å². The van der Waals surface area contributed by atoms with Gasteiger partial charge in [-0.1, -0.05) is 54.6 Å². The van der Waals surface area contributed by atoms with Gasteiger partial charge in [-0.15, -0.1) is 0 Å². The Balaban J connectivity index is 1.46. The van der Waals surface area contributed by atoms with Crippen LogP contribution in [0.15, 0.2) is 78.9 Å². The van der Waals surface area contributed by atoms with Crippen LogP contribution in [0.3, 0.4) is 0 Å². The van der Waals surface area contributed by atoms with Crippen LogP contribution in [-0.2, 0) is 0 Å². The molecule has 1 aromatic heterocycles. The molecule has 0 bridgehead atoms. The quantitative estimate of drug-likeness (QED) is 0.540. The lowest BCUT2D eigenvalue weighted by atomic mass is 10.0. The molecule has 2 heterocycles. The Morgan fingerprint density at radius 1 is 0.929 bits per heavy atom. The highest BCUT2D eigenvalue weighted by Gasteiger charge is 2.32. The molecule has 0 spiro atoms. The number of amides is 1. The summed E-state index contributed by atoms with van der Waals surface area (Å²) in [5, 5.41) is 0. The van der Waals surface area contributed by atoms with E-state index in [4.69, 9.17) is 4.98 Å². The van der Waals surface area contributed by atoms with E-state index in [2.05, 4.69) is 17.1 Å². The summed E-state index contributed by atoms with van der Waals surface area (Å²) < 4.78 is 0. The molecular formula is C24H21N3O. The molecule has 1 saturated heterocycles. The number of rotatable bonds is 3. The normalized spacial score (nSPS) is 16.6. The Morgan fingerprint density at radius 2 is 1.71 bits per heavy atom. The minimum Gasteiger partial charge on any atom is -0.340 e. The van der Waals surface area contributed by atoms with E-state index in [1.807, 2.05) is 71.6 Å². The average Bonchev–Trinajstić information content (AvgIpc) is 3.40. The fourth-order valence-electron chi connectivity index (χ4n) is 4.05. The monoisotopic (exact) mass is 367 g/mol. The number of fused-ring (bicyclic) bond motifs is 1. The van der Waals surface area contributed by atoms with Crippen molar-refractivity contribution < 1.29 is 4.79 Å². The molecule has 3 aromatic carbocycles. The Kier molecular flexibility index (Phi) is 4.17. The van der Waals surface area contributed by atoms with Crippen LogP contribution in [0.25, 0.3) is 22.2 Å². The van der Waals surface area contributed by atoms with Gasteiger partial charge in [-0.2, -0.15) is 0 Å². The average molecular weight is 367 g/mol. The first-order valence-corrected chi connectivity index (χ1v) is 9.71. The summed E-state index contributed by atoms with van der Waals surface area (Å²) in [5.41, 5.74) is 4.87. The topological polar surface area (TPSA) is 49.0 Å². The van der Waals surface area contributed by atoms with Gasteiger partial charge in [0.05, 0.1) is 17.1 Å². The molecule has 4 aromatic rings. The number of likely N-dealkylation sites (tertiary alicyclic amines) is 1. The number of carbonyl (C=O) groups excluding carboxylic acids is 1. The smallest absolute Gasteiger partial charge is 0.254 e. The number of aromatic amines is 1. The summed E-state index contributed by atoms with van der Waals surface area (Å²) in [4.78, 5) is 23.4. The molecule has 138 valence electrons. The van der Waals surface area contributed by atoms with E-state index in [1.54, 1.807) is 0 Å². The van der Waals surface area contributed by atoms with Crippen molar-refractivity contribution in [3.05, 3.63) is 90.3 Å². The number of H-pyrrole nitrogens is 1. The second-order valence-electron chi connectivity index (χ2n) is 7.24. The highest BCUT2D eigenvalue weighted by Crippen LogP contribution is 2.33. The zero-order chi connectivity index (χ0) is 18.9. The molecule has 1 atom stereocenters. The van der Waals surface area contributed by atoms with Crippen molar-refractivity contribution in [1.29, 1.82) is 0 Å². The van der Waals surface area contributed by atoms with Crippen molar-refractivity contribution in [1.82, 2.24) is 14.9 Å². The van der Waals surface area contributed by atoms with Crippen molar-refractivity contribution in [3.63, 3.8) is 0 Å². The number of hydrogen-bond acceptors (Lipinski definition) is 2. The van der Waals surface area contributed by atoms with Crippen molar-refractivity contribution in [2.45, 2.75) is 18.9 Å². The molecule has 1 fully saturated rings. The summed E-state index contributed by atoms with van der Waals surface area (Å²) >= 11 is 0. The maximum absolute atomic E-state index is 13.3. The molecule has 5 rings (SSSR count). The van der Waals surface area contributed by atoms with Crippen LogP contribution in [0.2, 0.25) is 0 Å². The molecule has 1 amide bonds. The molecule has 28 heavy (non-hydrogen) atoms. The third kappa shape index (κ3) is 2.97. The Bertz CT molecular complexity index is 1100. The van der Waals surface area contributed by atoms with Gasteiger partial charge in [0.2, 0.25) is 0 Å². The van der Waals surface area contributed by atoms with Crippen LogP contribution in [0.1, 0.15) is 35.1 Å². The molecule has 0 aliphatic carbocycles. The van der Waals surface area contributed by atoms with Crippen molar-refractivity contribution >= 4 is 16.9 Å². The van der Waals surface area contributed by atoms with Gasteiger partial charge in [-0.3, -0.25) is 4.79 Å². The summed E-state index contributed by atoms with van der Waals surface area (Å²) in [6.45, 7) is 0.760. The van der Waals surface area contributed by atoms with E-state index in [0.717, 1.165) is 52.9 Å². The van der Waals surface area contributed by atoms with Gasteiger partial charge in [0.1, 0.15) is 5.82 Å². The van der Waals surface area contributed by atoms with Gasteiger partial charge in [0.25, 0.3) is 5.91 Å². The van der Waals surface area contributed by atoms with Crippen LogP contribution in [0.4, 0.5) is 0 Å². The van der Waals surface area contributed by atoms with E-state index in [1.165, 1.54) is 0 Å². The fourth-order valence-corrected chi connectivity index (χ4v) is 4.05. The molecule has 1 aliphatic heterocycles. The third-order valence-corrected chi connectivity index (χ3v) is 5.45. The highest BCUT2D eigenvalue weighted by atomic mass is 16.2. The number of aromatic nitrogens is 2. The standard InChI is InChI=1S/C24H21N3O/c28-24(19-11-6-10-18(16-19)17-8-2-1-3-9-17)27-15-7-14-22(27)23-25-20-12-4-5-13-21(20)26-23/h1-6,8-13,16,22H,7,14-15H2,(H,25,26)/t22-/m0/s1. The summed E-state index contributed by atoms with van der Waals surface area (Å²) in [7, 11) is 0. The maximum Gasteiger partial charge on any atom is 0.254 e. The minimum absolute atomic E-state index is 0.000261. The zero-order valence-corrected chi connectivity index (χ0v) is 15.5. The van der Waals surface area contributed by atoms with Gasteiger partial charge < -0.3 is 9.88 Å². The molecule has 1 N–H and O–H groups in total. The van der Waals surface area contributed by atoms with Crippen LogP contribution in [0, 0.1) is 0 Å². The lowest BCUT2D eigenvalue weighted by Crippen LogP contribution is -2.31. The SMILES string of the molecule is O=C(c1cccc(-c2ccccc2)c1)N1CCC[C@H]1c1nc2ccccc2[nH]1. The predicted octanol–water partition coefficient (Wildman–Crippen LogP) is 5.21. The lowest BCUT2D eigenvalue weighted by molar-refractivity contribution is 0.0730. The third-order valence-electron chi connectivity index (χ3n) is 5.45. The van der Waals surface area contributed by atoms with E-state index in [-0.39, 0.29) is 11.9 Å². The summed E-state index contributed by atoms with van der Waals surface area (Å²) in [6, 6.07) is 26.1. The van der Waals surface area contributed by atoms with Gasteiger partial charge in [-0.05, 0) is 48.2 Å². The maximum atomic E-state index is 13.3. The summed E-state index contributed by atoms with van der Waals surface area (Å²) in [5.74, 6) is 0.951. The first kappa shape index (κ1) is 16.8. The van der Waals surface area contributed by atoms with Crippen LogP contribution >= 0.6 is 0 Å². The largest absolute Gasteiger partial charge is 0.340 e. The molecule has 0 unspecified atom stereocenters. The molecule has 4 nitrogen and oxygen atoms in total. The minimum atomic E-state index is 0.000261. The van der Waals surface area contributed by atoms with Crippen molar-refractivity contribution in [2.24, 2.45) is 0 Å². The first-order chi connectivity index (χ1) is 13.8.